The Balaban J connectivity index is 1.64. The summed E-state index contributed by atoms with van der Waals surface area (Å²) in [4.78, 5) is 28.6. The van der Waals surface area contributed by atoms with E-state index in [1.807, 2.05) is 72.1 Å². The number of carbonyl (C=O) groups excluding carboxylic acids is 2. The molecule has 31 heavy (non-hydrogen) atoms. The Hall–Kier alpha value is -3.38. The van der Waals surface area contributed by atoms with Gasteiger partial charge in [-0.05, 0) is 29.5 Å². The molecule has 158 valence electrons. The van der Waals surface area contributed by atoms with Crippen LogP contribution in [-0.4, -0.2) is 28.8 Å². The highest BCUT2D eigenvalue weighted by Crippen LogP contribution is 2.41. The highest BCUT2D eigenvalue weighted by Gasteiger charge is 2.43. The molecule has 1 aliphatic rings. The fraction of sp³-hybridized carbons (Fsp3) is 0.200. The molecule has 1 atom stereocenters. The van der Waals surface area contributed by atoms with Crippen molar-refractivity contribution in [2.75, 3.05) is 7.11 Å². The Morgan fingerprint density at radius 1 is 1.06 bits per heavy atom. The Kier molecular flexibility index (Phi) is 6.18. The minimum Gasteiger partial charge on any atom is -0.503 e. The van der Waals surface area contributed by atoms with Crippen LogP contribution in [0.5, 0.6) is 5.75 Å². The summed E-state index contributed by atoms with van der Waals surface area (Å²) in [5, 5.41) is 12.6. The van der Waals surface area contributed by atoms with Gasteiger partial charge in [0.05, 0.1) is 25.3 Å². The maximum Gasteiger partial charge on any atom is 0.290 e. The molecule has 1 N–H and O–H groups in total. The van der Waals surface area contributed by atoms with Gasteiger partial charge in [0.15, 0.2) is 11.5 Å². The van der Waals surface area contributed by atoms with Gasteiger partial charge < -0.3 is 14.7 Å². The molecular formula is C25H23NO4S. The van der Waals surface area contributed by atoms with Crippen LogP contribution in [0.15, 0.2) is 83.4 Å². The zero-order chi connectivity index (χ0) is 21.8. The van der Waals surface area contributed by atoms with Gasteiger partial charge in [0.1, 0.15) is 5.75 Å². The molecule has 0 spiro atoms. The van der Waals surface area contributed by atoms with Crippen LogP contribution < -0.4 is 4.74 Å². The van der Waals surface area contributed by atoms with Crippen molar-refractivity contribution in [2.24, 2.45) is 0 Å². The number of aryl methyl sites for hydroxylation is 1. The fourth-order valence-corrected chi connectivity index (χ4v) is 4.74. The second-order valence-corrected chi connectivity index (χ2v) is 8.31. The van der Waals surface area contributed by atoms with Crippen LogP contribution >= 0.6 is 11.3 Å². The molecule has 0 bridgehead atoms. The molecule has 1 amide bonds. The lowest BCUT2D eigenvalue weighted by Gasteiger charge is -2.26. The van der Waals surface area contributed by atoms with Crippen molar-refractivity contribution < 1.29 is 19.4 Å². The van der Waals surface area contributed by atoms with Gasteiger partial charge in [-0.3, -0.25) is 9.59 Å². The van der Waals surface area contributed by atoms with E-state index < -0.39 is 17.7 Å². The van der Waals surface area contributed by atoms with E-state index in [1.165, 1.54) is 11.3 Å². The normalized spacial score (nSPS) is 16.1. The minimum atomic E-state index is -0.610. The number of hydrogen-bond acceptors (Lipinski definition) is 5. The summed E-state index contributed by atoms with van der Waals surface area (Å²) in [5.41, 5.74) is 2.03. The number of carbonyl (C=O) groups is 2. The smallest absolute Gasteiger partial charge is 0.290 e. The molecule has 6 heteroatoms. The van der Waals surface area contributed by atoms with Crippen molar-refractivity contribution in [1.29, 1.82) is 0 Å². The Morgan fingerprint density at radius 2 is 1.81 bits per heavy atom. The number of Topliss-reactive ketones (excluding diaryl/α,β-unsaturated/α-hetero) is 1. The van der Waals surface area contributed by atoms with E-state index in [0.29, 0.717) is 12.2 Å². The molecule has 0 aliphatic carbocycles. The number of ketones is 1. The van der Waals surface area contributed by atoms with E-state index in [9.17, 15) is 14.7 Å². The monoisotopic (exact) mass is 433 g/mol. The number of hydrogen-bond donors (Lipinski definition) is 1. The second-order valence-electron chi connectivity index (χ2n) is 7.33. The highest BCUT2D eigenvalue weighted by molar-refractivity contribution is 7.10. The summed E-state index contributed by atoms with van der Waals surface area (Å²) in [6.07, 6.45) is 0.773. The summed E-state index contributed by atoms with van der Waals surface area (Å²) < 4.78 is 5.43. The molecule has 3 aromatic rings. The summed E-state index contributed by atoms with van der Waals surface area (Å²) in [5.74, 6) is -0.544. The molecule has 0 fully saturated rings. The molecule has 2 heterocycles. The lowest BCUT2D eigenvalue weighted by molar-refractivity contribution is -0.130. The lowest BCUT2D eigenvalue weighted by atomic mass is 9.97. The van der Waals surface area contributed by atoms with Crippen LogP contribution in [-0.2, 0) is 22.6 Å². The van der Waals surface area contributed by atoms with Gasteiger partial charge in [-0.2, -0.15) is 0 Å². The van der Waals surface area contributed by atoms with Crippen molar-refractivity contribution in [1.82, 2.24) is 4.90 Å². The Labute approximate surface area is 185 Å². The minimum absolute atomic E-state index is 0.179. The van der Waals surface area contributed by atoms with E-state index >= 15 is 0 Å². The quantitative estimate of drug-likeness (QED) is 0.551. The summed E-state index contributed by atoms with van der Waals surface area (Å²) in [7, 11) is 1.58. The first-order valence-corrected chi connectivity index (χ1v) is 10.9. The van der Waals surface area contributed by atoms with Crippen LogP contribution in [0.3, 0.4) is 0 Å². The SMILES string of the molecule is COc1ccccc1CN1C(=O)C(O)=C(C(=O)CCc2ccccc2)C1c1cccs1. The highest BCUT2D eigenvalue weighted by atomic mass is 32.1. The molecule has 1 unspecified atom stereocenters. The van der Waals surface area contributed by atoms with E-state index in [-0.39, 0.29) is 24.3 Å². The number of rotatable bonds is 8. The molecule has 0 saturated carbocycles. The Bertz CT molecular complexity index is 1110. The predicted octanol–water partition coefficient (Wildman–Crippen LogP) is 4.85. The van der Waals surface area contributed by atoms with Gasteiger partial charge in [-0.25, -0.2) is 0 Å². The number of benzene rings is 2. The second kappa shape index (κ2) is 9.18. The zero-order valence-electron chi connectivity index (χ0n) is 17.2. The average molecular weight is 434 g/mol. The molecule has 1 aliphatic heterocycles. The van der Waals surface area contributed by atoms with Crippen LogP contribution in [0.25, 0.3) is 0 Å². The third-order valence-corrected chi connectivity index (χ3v) is 6.36. The largest absolute Gasteiger partial charge is 0.503 e. The number of para-hydroxylation sites is 1. The topological polar surface area (TPSA) is 66.8 Å². The van der Waals surface area contributed by atoms with Crippen LogP contribution in [0, 0.1) is 0 Å². The van der Waals surface area contributed by atoms with Crippen molar-refractivity contribution in [3.63, 3.8) is 0 Å². The zero-order valence-corrected chi connectivity index (χ0v) is 18.0. The standard InChI is InChI=1S/C25H23NO4S/c1-30-20-11-6-5-10-18(20)16-26-23(21-12-7-15-31-21)22(24(28)25(26)29)19(27)14-13-17-8-3-2-4-9-17/h2-12,15,23,28H,13-14,16H2,1H3. The number of methoxy groups -OCH3 is 1. The summed E-state index contributed by atoms with van der Waals surface area (Å²) in [6.45, 7) is 0.227. The fourth-order valence-electron chi connectivity index (χ4n) is 3.90. The molecule has 2 aromatic carbocycles. The van der Waals surface area contributed by atoms with E-state index in [1.54, 1.807) is 12.0 Å². The predicted molar refractivity (Wildman–Crippen MR) is 120 cm³/mol. The molecule has 1 aromatic heterocycles. The number of aliphatic hydroxyl groups excluding tert-OH is 1. The third kappa shape index (κ3) is 4.25. The number of aliphatic hydroxyl groups is 1. The van der Waals surface area contributed by atoms with Crippen molar-refractivity contribution in [3.05, 3.63) is 99.4 Å². The van der Waals surface area contributed by atoms with Gasteiger partial charge in [-0.1, -0.05) is 54.6 Å². The van der Waals surface area contributed by atoms with E-state index in [2.05, 4.69) is 0 Å². The Morgan fingerprint density at radius 3 is 2.52 bits per heavy atom. The van der Waals surface area contributed by atoms with Gasteiger partial charge in [0.25, 0.3) is 5.91 Å². The number of thiophene rings is 1. The van der Waals surface area contributed by atoms with Gasteiger partial charge in [-0.15, -0.1) is 11.3 Å². The summed E-state index contributed by atoms with van der Waals surface area (Å²) >= 11 is 1.46. The molecule has 0 radical (unpaired) electrons. The first kappa shape index (κ1) is 20.9. The van der Waals surface area contributed by atoms with Gasteiger partial charge in [0.2, 0.25) is 0 Å². The first-order chi connectivity index (χ1) is 15.1. The van der Waals surface area contributed by atoms with Crippen LogP contribution in [0.2, 0.25) is 0 Å². The molecule has 0 saturated heterocycles. The lowest BCUT2D eigenvalue weighted by Crippen LogP contribution is -2.30. The van der Waals surface area contributed by atoms with Crippen LogP contribution in [0.4, 0.5) is 0 Å². The van der Waals surface area contributed by atoms with Gasteiger partial charge >= 0.3 is 0 Å². The van der Waals surface area contributed by atoms with Gasteiger partial charge in [0, 0.05) is 16.9 Å². The number of amides is 1. The van der Waals surface area contributed by atoms with E-state index in [0.717, 1.165) is 16.0 Å². The van der Waals surface area contributed by atoms with E-state index in [4.69, 9.17) is 4.74 Å². The average Bonchev–Trinajstić information content (AvgIpc) is 3.41. The molecule has 5 nitrogen and oxygen atoms in total. The maximum absolute atomic E-state index is 13.2. The van der Waals surface area contributed by atoms with Crippen molar-refractivity contribution in [3.8, 4) is 5.75 Å². The molecular weight excluding hydrogens is 410 g/mol. The van der Waals surface area contributed by atoms with Crippen molar-refractivity contribution >= 4 is 23.0 Å². The third-order valence-electron chi connectivity index (χ3n) is 5.43. The first-order valence-electron chi connectivity index (χ1n) is 10.1. The van der Waals surface area contributed by atoms with Crippen molar-refractivity contribution in [2.45, 2.75) is 25.4 Å². The van der Waals surface area contributed by atoms with Crippen LogP contribution in [0.1, 0.15) is 28.5 Å². The number of nitrogens with zero attached hydrogens (tertiary/aromatic N) is 1. The number of ether oxygens (including phenoxy) is 1. The summed E-state index contributed by atoms with van der Waals surface area (Å²) in [6, 6.07) is 20.3. The maximum atomic E-state index is 13.2. The molecule has 4 rings (SSSR count).